The number of anilines is 1. The average molecular weight is 246 g/mol. The summed E-state index contributed by atoms with van der Waals surface area (Å²) in [5.41, 5.74) is 5.76. The van der Waals surface area contributed by atoms with Crippen molar-refractivity contribution in [2.75, 3.05) is 12.8 Å². The Labute approximate surface area is 97.7 Å². The third-order valence-corrected chi connectivity index (χ3v) is 2.28. The fourth-order valence-electron chi connectivity index (χ4n) is 1.06. The Hall–Kier alpha value is -1.46. The Morgan fingerprint density at radius 1 is 1.56 bits per heavy atom. The first kappa shape index (κ1) is 12.6. The molecule has 0 aliphatic carbocycles. The van der Waals surface area contributed by atoms with Crippen molar-refractivity contribution in [3.63, 3.8) is 0 Å². The maximum absolute atomic E-state index is 10.9. The molecule has 1 atom stereocenters. The van der Waals surface area contributed by atoms with E-state index in [2.05, 4.69) is 0 Å². The molecule has 0 saturated heterocycles. The highest BCUT2D eigenvalue weighted by Gasteiger charge is 2.16. The molecule has 0 aliphatic rings. The van der Waals surface area contributed by atoms with Gasteiger partial charge >= 0.3 is 5.97 Å². The number of hydrogen-bond donors (Lipinski definition) is 2. The van der Waals surface area contributed by atoms with Gasteiger partial charge in [0.2, 0.25) is 0 Å². The van der Waals surface area contributed by atoms with Gasteiger partial charge in [-0.2, -0.15) is 0 Å². The molecule has 3 N–H and O–H groups in total. The van der Waals surface area contributed by atoms with Gasteiger partial charge in [0.1, 0.15) is 11.3 Å². The number of carboxylic acids is 1. The Kier molecular flexibility index (Phi) is 3.98. The molecular weight excluding hydrogens is 234 g/mol. The van der Waals surface area contributed by atoms with Crippen LogP contribution in [0.3, 0.4) is 0 Å². The molecular formula is C10H12ClNO4. The number of nitrogens with two attached hydrogens (primary N) is 1. The number of aromatic carboxylic acids is 1. The minimum atomic E-state index is -1.14. The third kappa shape index (κ3) is 2.77. The maximum atomic E-state index is 10.9. The number of carbonyl (C=O) groups is 1. The number of hydrogen-bond acceptors (Lipinski definition) is 4. The number of carboxylic acid groups (broad SMARTS) is 1. The first-order valence-electron chi connectivity index (χ1n) is 4.47. The predicted molar refractivity (Wildman–Crippen MR) is 59.9 cm³/mol. The molecule has 0 heterocycles. The zero-order valence-electron chi connectivity index (χ0n) is 8.86. The van der Waals surface area contributed by atoms with Crippen molar-refractivity contribution in [1.29, 1.82) is 0 Å². The molecule has 0 fully saturated rings. The molecule has 1 aromatic rings. The summed E-state index contributed by atoms with van der Waals surface area (Å²) in [5, 5.41) is 9.12. The van der Waals surface area contributed by atoms with Crippen molar-refractivity contribution < 1.29 is 19.4 Å². The summed E-state index contributed by atoms with van der Waals surface area (Å²) < 4.78 is 10.1. The number of rotatable bonds is 4. The van der Waals surface area contributed by atoms with E-state index in [0.29, 0.717) is 0 Å². The van der Waals surface area contributed by atoms with Crippen LogP contribution in [-0.2, 0) is 4.74 Å². The van der Waals surface area contributed by atoms with Gasteiger partial charge in [0.05, 0.1) is 10.7 Å². The number of methoxy groups -OCH3 is 1. The van der Waals surface area contributed by atoms with Gasteiger partial charge in [-0.25, -0.2) is 4.79 Å². The molecule has 1 aromatic carbocycles. The second-order valence-corrected chi connectivity index (χ2v) is 3.50. The molecule has 1 rings (SSSR count). The molecule has 16 heavy (non-hydrogen) atoms. The Morgan fingerprint density at radius 3 is 2.69 bits per heavy atom. The zero-order chi connectivity index (χ0) is 12.3. The van der Waals surface area contributed by atoms with Crippen LogP contribution in [-0.4, -0.2) is 24.5 Å². The van der Waals surface area contributed by atoms with E-state index in [-0.39, 0.29) is 22.0 Å². The van der Waals surface area contributed by atoms with Crippen LogP contribution in [0.5, 0.6) is 5.75 Å². The van der Waals surface area contributed by atoms with Gasteiger partial charge in [-0.1, -0.05) is 11.6 Å². The van der Waals surface area contributed by atoms with Crippen LogP contribution < -0.4 is 10.5 Å². The number of nitrogen functional groups attached to an aromatic ring is 1. The molecule has 1 unspecified atom stereocenters. The zero-order valence-corrected chi connectivity index (χ0v) is 9.62. The van der Waals surface area contributed by atoms with Crippen LogP contribution in [0.25, 0.3) is 0 Å². The molecule has 0 saturated carbocycles. The maximum Gasteiger partial charge on any atom is 0.339 e. The molecule has 0 aromatic heterocycles. The van der Waals surface area contributed by atoms with E-state index in [1.807, 2.05) is 0 Å². The highest BCUT2D eigenvalue weighted by molar-refractivity contribution is 6.33. The monoisotopic (exact) mass is 245 g/mol. The lowest BCUT2D eigenvalue weighted by Crippen LogP contribution is -2.16. The minimum Gasteiger partial charge on any atom is -0.478 e. The molecule has 0 bridgehead atoms. The summed E-state index contributed by atoms with van der Waals surface area (Å²) in [5.74, 6) is -1.01. The van der Waals surface area contributed by atoms with E-state index in [1.165, 1.54) is 19.2 Å². The summed E-state index contributed by atoms with van der Waals surface area (Å²) in [6, 6.07) is 2.61. The van der Waals surface area contributed by atoms with Crippen molar-refractivity contribution in [2.24, 2.45) is 0 Å². The van der Waals surface area contributed by atoms with Gasteiger partial charge in [0.15, 0.2) is 6.29 Å². The number of halogens is 1. The van der Waals surface area contributed by atoms with Gasteiger partial charge in [-0.15, -0.1) is 0 Å². The highest BCUT2D eigenvalue weighted by Crippen LogP contribution is 2.29. The standard InChI is InChI=1S/C10H12ClNO4/c1-5(15-2)16-9-4-8(12)7(11)3-6(9)10(13)14/h3-5H,12H2,1-2H3,(H,13,14). The van der Waals surface area contributed by atoms with E-state index in [4.69, 9.17) is 31.9 Å². The molecule has 0 aliphatic heterocycles. The summed E-state index contributed by atoms with van der Waals surface area (Å²) in [4.78, 5) is 10.9. The third-order valence-electron chi connectivity index (χ3n) is 1.95. The first-order valence-corrected chi connectivity index (χ1v) is 4.85. The van der Waals surface area contributed by atoms with E-state index < -0.39 is 12.3 Å². The fraction of sp³-hybridized carbons (Fsp3) is 0.300. The van der Waals surface area contributed by atoms with Crippen molar-refractivity contribution in [3.05, 3.63) is 22.7 Å². The van der Waals surface area contributed by atoms with Crippen molar-refractivity contribution >= 4 is 23.3 Å². The van der Waals surface area contributed by atoms with Crippen LogP contribution in [0, 0.1) is 0 Å². The summed E-state index contributed by atoms with van der Waals surface area (Å²) >= 11 is 5.73. The van der Waals surface area contributed by atoms with Crippen molar-refractivity contribution in [1.82, 2.24) is 0 Å². The molecule has 88 valence electrons. The van der Waals surface area contributed by atoms with Crippen LogP contribution in [0.2, 0.25) is 5.02 Å². The normalized spacial score (nSPS) is 12.2. The molecule has 0 amide bonds. The average Bonchev–Trinajstić information content (AvgIpc) is 2.22. The predicted octanol–water partition coefficient (Wildman–Crippen LogP) is 1.99. The lowest BCUT2D eigenvalue weighted by molar-refractivity contribution is -0.0387. The minimum absolute atomic E-state index is 0.0527. The first-order chi connectivity index (χ1) is 7.45. The Balaban J connectivity index is 3.14. The second kappa shape index (κ2) is 5.05. The number of benzene rings is 1. The molecule has 5 nitrogen and oxygen atoms in total. The van der Waals surface area contributed by atoms with Gasteiger partial charge in [0.25, 0.3) is 0 Å². The summed E-state index contributed by atoms with van der Waals surface area (Å²) in [6.45, 7) is 1.64. The van der Waals surface area contributed by atoms with Gasteiger partial charge in [-0.05, 0) is 13.0 Å². The van der Waals surface area contributed by atoms with Crippen molar-refractivity contribution in [2.45, 2.75) is 13.2 Å². The molecule has 6 heteroatoms. The van der Waals surface area contributed by atoms with E-state index in [0.717, 1.165) is 0 Å². The van der Waals surface area contributed by atoms with Gasteiger partial charge < -0.3 is 20.3 Å². The molecule has 0 radical (unpaired) electrons. The summed E-state index contributed by atoms with van der Waals surface area (Å²) in [7, 11) is 1.45. The van der Waals surface area contributed by atoms with E-state index in [9.17, 15) is 4.79 Å². The quantitative estimate of drug-likeness (QED) is 0.626. The SMILES string of the molecule is COC(C)Oc1cc(N)c(Cl)cc1C(=O)O. The van der Waals surface area contributed by atoms with E-state index >= 15 is 0 Å². The topological polar surface area (TPSA) is 81.8 Å². The summed E-state index contributed by atoms with van der Waals surface area (Å²) in [6.07, 6.45) is -0.571. The van der Waals surface area contributed by atoms with Crippen LogP contribution in [0.15, 0.2) is 12.1 Å². The Bertz CT molecular complexity index is 408. The van der Waals surface area contributed by atoms with Crippen LogP contribution in [0.4, 0.5) is 5.69 Å². The lowest BCUT2D eigenvalue weighted by Gasteiger charge is -2.15. The largest absolute Gasteiger partial charge is 0.478 e. The fourth-order valence-corrected chi connectivity index (χ4v) is 1.22. The Morgan fingerprint density at radius 2 is 2.19 bits per heavy atom. The van der Waals surface area contributed by atoms with Crippen LogP contribution in [0.1, 0.15) is 17.3 Å². The lowest BCUT2D eigenvalue weighted by atomic mass is 10.2. The van der Waals surface area contributed by atoms with Gasteiger partial charge in [0, 0.05) is 13.2 Å². The van der Waals surface area contributed by atoms with Gasteiger partial charge in [-0.3, -0.25) is 0 Å². The number of ether oxygens (including phenoxy) is 2. The van der Waals surface area contributed by atoms with Crippen molar-refractivity contribution in [3.8, 4) is 5.75 Å². The van der Waals surface area contributed by atoms with E-state index in [1.54, 1.807) is 6.92 Å². The highest BCUT2D eigenvalue weighted by atomic mass is 35.5. The smallest absolute Gasteiger partial charge is 0.339 e. The molecule has 0 spiro atoms. The second-order valence-electron chi connectivity index (χ2n) is 3.10. The van der Waals surface area contributed by atoms with Crippen LogP contribution >= 0.6 is 11.6 Å².